The molecule has 0 aromatic heterocycles. The van der Waals surface area contributed by atoms with Crippen LogP contribution in [0.2, 0.25) is 0 Å². The minimum absolute atomic E-state index is 0. The minimum atomic E-state index is 0. The fraction of sp³-hybridized carbons (Fsp3) is 0.611. The summed E-state index contributed by atoms with van der Waals surface area (Å²) in [6, 6.07) is 11.1. The summed E-state index contributed by atoms with van der Waals surface area (Å²) >= 11 is 0. The maximum atomic E-state index is 12.2. The molecule has 0 radical (unpaired) electrons. The number of nitrogens with zero attached hydrogens (tertiary/aromatic N) is 2. The normalized spacial score (nSPS) is 16.6. The maximum Gasteiger partial charge on any atom is 0.222 e. The highest BCUT2D eigenvalue weighted by Gasteiger charge is 2.25. The van der Waals surface area contributed by atoms with Gasteiger partial charge in [0.05, 0.1) is 0 Å². The molecule has 0 bridgehead atoms. The van der Waals surface area contributed by atoms with Crippen LogP contribution in [-0.4, -0.2) is 47.9 Å². The molecule has 2 rings (SSSR count). The van der Waals surface area contributed by atoms with Gasteiger partial charge in [-0.1, -0.05) is 30.3 Å². The van der Waals surface area contributed by atoms with E-state index in [0.717, 1.165) is 38.9 Å². The zero-order chi connectivity index (χ0) is 15.9. The molecular weight excluding hydrogens is 345 g/mol. The summed E-state index contributed by atoms with van der Waals surface area (Å²) < 4.78 is 0. The van der Waals surface area contributed by atoms with Crippen molar-refractivity contribution in [2.24, 2.45) is 5.73 Å². The van der Waals surface area contributed by atoms with Gasteiger partial charge in [-0.05, 0) is 31.7 Å². The van der Waals surface area contributed by atoms with Crippen molar-refractivity contribution in [2.75, 3.05) is 20.1 Å². The van der Waals surface area contributed by atoms with Crippen LogP contribution in [0.25, 0.3) is 0 Å². The van der Waals surface area contributed by atoms with Crippen molar-refractivity contribution in [3.05, 3.63) is 35.9 Å². The number of piperidine rings is 1. The average molecular weight is 376 g/mol. The van der Waals surface area contributed by atoms with Gasteiger partial charge in [0.1, 0.15) is 0 Å². The second-order valence-corrected chi connectivity index (χ2v) is 6.51. The number of carbonyl (C=O) groups excluding carboxylic acids is 1. The maximum absolute atomic E-state index is 12.2. The van der Waals surface area contributed by atoms with E-state index in [-0.39, 0.29) is 36.8 Å². The van der Waals surface area contributed by atoms with E-state index in [1.54, 1.807) is 0 Å². The smallest absolute Gasteiger partial charge is 0.222 e. The second kappa shape index (κ2) is 11.7. The highest BCUT2D eigenvalue weighted by molar-refractivity contribution is 5.85. The summed E-state index contributed by atoms with van der Waals surface area (Å²) in [5.74, 6) is 0.235. The molecule has 1 fully saturated rings. The van der Waals surface area contributed by atoms with E-state index < -0.39 is 0 Å². The number of hydrogen-bond donors (Lipinski definition) is 1. The summed E-state index contributed by atoms with van der Waals surface area (Å²) in [4.78, 5) is 16.6. The van der Waals surface area contributed by atoms with Crippen molar-refractivity contribution in [3.8, 4) is 0 Å². The first-order chi connectivity index (χ1) is 10.6. The van der Waals surface area contributed by atoms with E-state index in [1.165, 1.54) is 5.56 Å². The molecule has 1 aromatic rings. The van der Waals surface area contributed by atoms with E-state index in [9.17, 15) is 4.79 Å². The molecule has 1 heterocycles. The van der Waals surface area contributed by atoms with E-state index >= 15 is 0 Å². The first-order valence-corrected chi connectivity index (χ1v) is 8.34. The summed E-state index contributed by atoms with van der Waals surface area (Å²) in [5, 5.41) is 0. The lowest BCUT2D eigenvalue weighted by molar-refractivity contribution is -0.133. The number of amides is 1. The largest absolute Gasteiger partial charge is 0.343 e. The lowest BCUT2D eigenvalue weighted by Crippen LogP contribution is -2.45. The van der Waals surface area contributed by atoms with Crippen LogP contribution in [-0.2, 0) is 11.3 Å². The molecular formula is C18H31Cl2N3O. The standard InChI is InChI=1S/C18H29N3O.2ClH/c1-15(19)8-9-18(22)20(2)17-10-12-21(13-11-17)14-16-6-4-3-5-7-16;;/h3-7,15,17H,8-14,19H2,1-2H3;2*1H. The van der Waals surface area contributed by atoms with Gasteiger partial charge < -0.3 is 10.6 Å². The quantitative estimate of drug-likeness (QED) is 0.830. The molecule has 1 aliphatic heterocycles. The van der Waals surface area contributed by atoms with E-state index in [4.69, 9.17) is 5.73 Å². The number of rotatable bonds is 6. The molecule has 1 aliphatic rings. The lowest BCUT2D eigenvalue weighted by Gasteiger charge is -2.37. The molecule has 1 atom stereocenters. The third kappa shape index (κ3) is 7.39. The third-order valence-corrected chi connectivity index (χ3v) is 4.56. The topological polar surface area (TPSA) is 49.6 Å². The van der Waals surface area contributed by atoms with Crippen LogP contribution in [0.15, 0.2) is 30.3 Å². The van der Waals surface area contributed by atoms with Crippen LogP contribution < -0.4 is 5.73 Å². The van der Waals surface area contributed by atoms with Crippen LogP contribution in [0.3, 0.4) is 0 Å². The zero-order valence-corrected chi connectivity index (χ0v) is 16.3. The Kier molecular flexibility index (Phi) is 11.3. The second-order valence-electron chi connectivity index (χ2n) is 6.51. The monoisotopic (exact) mass is 375 g/mol. The van der Waals surface area contributed by atoms with Gasteiger partial charge in [0.2, 0.25) is 5.91 Å². The minimum Gasteiger partial charge on any atom is -0.343 e. The van der Waals surface area contributed by atoms with Gasteiger partial charge in [-0.15, -0.1) is 24.8 Å². The highest BCUT2D eigenvalue weighted by atomic mass is 35.5. The van der Waals surface area contributed by atoms with Crippen LogP contribution in [0.5, 0.6) is 0 Å². The predicted octanol–water partition coefficient (Wildman–Crippen LogP) is 3.08. The molecule has 0 spiro atoms. The van der Waals surface area contributed by atoms with Gasteiger partial charge in [0.15, 0.2) is 0 Å². The molecule has 1 amide bonds. The van der Waals surface area contributed by atoms with Gasteiger partial charge in [-0.3, -0.25) is 9.69 Å². The van der Waals surface area contributed by atoms with Crippen molar-refractivity contribution in [1.82, 2.24) is 9.80 Å². The van der Waals surface area contributed by atoms with Gasteiger partial charge in [0, 0.05) is 45.2 Å². The molecule has 6 heteroatoms. The summed E-state index contributed by atoms with van der Waals surface area (Å²) in [6.45, 7) is 5.08. The van der Waals surface area contributed by atoms with Gasteiger partial charge in [0.25, 0.3) is 0 Å². The average Bonchev–Trinajstić information content (AvgIpc) is 2.53. The SMILES string of the molecule is CC(N)CCC(=O)N(C)C1CCN(Cc2ccccc2)CC1.Cl.Cl. The van der Waals surface area contributed by atoms with Crippen LogP contribution in [0.1, 0.15) is 38.2 Å². The van der Waals surface area contributed by atoms with Crippen molar-refractivity contribution in [1.29, 1.82) is 0 Å². The Labute approximate surface area is 158 Å². The Morgan fingerprint density at radius 1 is 1.25 bits per heavy atom. The first-order valence-electron chi connectivity index (χ1n) is 8.34. The van der Waals surface area contributed by atoms with Crippen molar-refractivity contribution >= 4 is 30.7 Å². The van der Waals surface area contributed by atoms with Crippen LogP contribution >= 0.6 is 24.8 Å². The first kappa shape index (κ1) is 23.2. The summed E-state index contributed by atoms with van der Waals surface area (Å²) in [7, 11) is 1.95. The van der Waals surface area contributed by atoms with E-state index in [0.29, 0.717) is 12.5 Å². The fourth-order valence-corrected chi connectivity index (χ4v) is 3.04. The summed E-state index contributed by atoms with van der Waals surface area (Å²) in [6.07, 6.45) is 3.47. The predicted molar refractivity (Wildman–Crippen MR) is 105 cm³/mol. The highest BCUT2D eigenvalue weighted by Crippen LogP contribution is 2.18. The molecule has 1 saturated heterocycles. The number of halogens is 2. The zero-order valence-electron chi connectivity index (χ0n) is 14.7. The molecule has 0 aliphatic carbocycles. The molecule has 4 nitrogen and oxygen atoms in total. The molecule has 1 unspecified atom stereocenters. The molecule has 24 heavy (non-hydrogen) atoms. The molecule has 0 saturated carbocycles. The van der Waals surface area contributed by atoms with E-state index in [2.05, 4.69) is 35.2 Å². The Balaban J connectivity index is 0.00000264. The van der Waals surface area contributed by atoms with Crippen molar-refractivity contribution in [2.45, 2.75) is 51.2 Å². The van der Waals surface area contributed by atoms with Crippen molar-refractivity contribution < 1.29 is 4.79 Å². The van der Waals surface area contributed by atoms with Gasteiger partial charge in [-0.25, -0.2) is 0 Å². The Hall–Kier alpha value is -0.810. The summed E-state index contributed by atoms with van der Waals surface area (Å²) in [5.41, 5.74) is 7.10. The molecule has 1 aromatic carbocycles. The third-order valence-electron chi connectivity index (χ3n) is 4.56. The number of carbonyl (C=O) groups is 1. The molecule has 2 N–H and O–H groups in total. The van der Waals surface area contributed by atoms with E-state index in [1.807, 2.05) is 18.9 Å². The number of benzene rings is 1. The van der Waals surface area contributed by atoms with Gasteiger partial charge >= 0.3 is 0 Å². The number of likely N-dealkylation sites (tertiary alicyclic amines) is 1. The lowest BCUT2D eigenvalue weighted by atomic mass is 10.0. The molecule has 138 valence electrons. The van der Waals surface area contributed by atoms with Crippen LogP contribution in [0, 0.1) is 0 Å². The van der Waals surface area contributed by atoms with Gasteiger partial charge in [-0.2, -0.15) is 0 Å². The Morgan fingerprint density at radius 3 is 2.38 bits per heavy atom. The van der Waals surface area contributed by atoms with Crippen LogP contribution in [0.4, 0.5) is 0 Å². The number of nitrogens with two attached hydrogens (primary N) is 1. The Morgan fingerprint density at radius 2 is 1.83 bits per heavy atom. The number of hydrogen-bond acceptors (Lipinski definition) is 3. The Bertz CT molecular complexity index is 463. The van der Waals surface area contributed by atoms with Crippen molar-refractivity contribution in [3.63, 3.8) is 0 Å². The fourth-order valence-electron chi connectivity index (χ4n) is 3.04.